The molecule has 1 aromatic carbocycles. The van der Waals surface area contributed by atoms with E-state index < -0.39 is 0 Å². The van der Waals surface area contributed by atoms with E-state index >= 15 is 0 Å². The summed E-state index contributed by atoms with van der Waals surface area (Å²) in [4.78, 5) is 18.1. The fraction of sp³-hybridized carbons (Fsp3) is 0.250. The first-order chi connectivity index (χ1) is 9.58. The highest BCUT2D eigenvalue weighted by atomic mass is 16.3. The molecule has 0 radical (unpaired) electrons. The van der Waals surface area contributed by atoms with Gasteiger partial charge in [0.1, 0.15) is 5.75 Å². The van der Waals surface area contributed by atoms with Gasteiger partial charge in [-0.25, -0.2) is 0 Å². The number of phenolic OH excluding ortho intramolecular Hbond substituents is 1. The summed E-state index contributed by atoms with van der Waals surface area (Å²) in [6.45, 7) is 1.96. The molecule has 0 saturated carbocycles. The molecule has 2 aromatic rings. The average Bonchev–Trinajstić information content (AvgIpc) is 2.47. The van der Waals surface area contributed by atoms with Crippen LogP contribution >= 0.6 is 0 Å². The van der Waals surface area contributed by atoms with Gasteiger partial charge in [0.15, 0.2) is 0 Å². The van der Waals surface area contributed by atoms with E-state index in [2.05, 4.69) is 4.98 Å². The molecule has 0 bridgehead atoms. The molecule has 1 heterocycles. The van der Waals surface area contributed by atoms with Crippen molar-refractivity contribution in [2.75, 3.05) is 7.05 Å². The smallest absolute Gasteiger partial charge is 0.228 e. The molecule has 0 aliphatic heterocycles. The van der Waals surface area contributed by atoms with Crippen molar-refractivity contribution >= 4 is 5.91 Å². The monoisotopic (exact) mass is 270 g/mol. The van der Waals surface area contributed by atoms with Gasteiger partial charge in [0.2, 0.25) is 5.91 Å². The third-order valence-corrected chi connectivity index (χ3v) is 3.41. The molecule has 1 aromatic heterocycles. The van der Waals surface area contributed by atoms with Crippen LogP contribution in [0.4, 0.5) is 0 Å². The van der Waals surface area contributed by atoms with Crippen molar-refractivity contribution in [2.24, 2.45) is 0 Å². The summed E-state index contributed by atoms with van der Waals surface area (Å²) in [5, 5.41) is 9.29. The second-order valence-electron chi connectivity index (χ2n) is 4.77. The quantitative estimate of drug-likeness (QED) is 0.929. The number of pyridine rings is 1. The number of phenols is 1. The van der Waals surface area contributed by atoms with Crippen LogP contribution < -0.4 is 0 Å². The van der Waals surface area contributed by atoms with Crippen LogP contribution in [0.1, 0.15) is 24.2 Å². The van der Waals surface area contributed by atoms with Gasteiger partial charge < -0.3 is 10.0 Å². The van der Waals surface area contributed by atoms with Gasteiger partial charge in [0.25, 0.3) is 0 Å². The summed E-state index contributed by atoms with van der Waals surface area (Å²) in [6.07, 6.45) is 1.98. The Balaban J connectivity index is 2.04. The molecule has 1 amide bonds. The molecule has 4 heteroatoms. The number of aromatic nitrogens is 1. The zero-order chi connectivity index (χ0) is 14.5. The number of aromatic hydroxyl groups is 1. The highest BCUT2D eigenvalue weighted by Gasteiger charge is 2.17. The van der Waals surface area contributed by atoms with Crippen LogP contribution in [0.2, 0.25) is 0 Å². The van der Waals surface area contributed by atoms with Gasteiger partial charge in [-0.3, -0.25) is 9.78 Å². The number of rotatable bonds is 4. The minimum Gasteiger partial charge on any atom is -0.508 e. The SMILES string of the molecule is CC(c1ccc(O)cc1)N(C)C(=O)Cc1ccccn1. The molecule has 0 saturated heterocycles. The number of carbonyl (C=O) groups excluding carboxylic acids is 1. The molecule has 0 spiro atoms. The Morgan fingerprint density at radius 1 is 1.25 bits per heavy atom. The van der Waals surface area contributed by atoms with Crippen molar-refractivity contribution in [3.05, 3.63) is 59.9 Å². The van der Waals surface area contributed by atoms with Crippen LogP contribution in [-0.2, 0) is 11.2 Å². The number of hydrogen-bond donors (Lipinski definition) is 1. The van der Waals surface area contributed by atoms with Crippen LogP contribution in [0.5, 0.6) is 5.75 Å². The number of hydrogen-bond acceptors (Lipinski definition) is 3. The predicted molar refractivity (Wildman–Crippen MR) is 77.2 cm³/mol. The van der Waals surface area contributed by atoms with Gasteiger partial charge in [-0.2, -0.15) is 0 Å². The Bertz CT molecular complexity index is 567. The van der Waals surface area contributed by atoms with E-state index in [1.165, 1.54) is 0 Å². The fourth-order valence-corrected chi connectivity index (χ4v) is 1.97. The lowest BCUT2D eigenvalue weighted by Crippen LogP contribution is -2.31. The third-order valence-electron chi connectivity index (χ3n) is 3.41. The standard InChI is InChI=1S/C16H18N2O2/c1-12(13-6-8-15(19)9-7-13)18(2)16(20)11-14-5-3-4-10-17-14/h3-10,12,19H,11H2,1-2H3. The summed E-state index contributed by atoms with van der Waals surface area (Å²) >= 11 is 0. The molecule has 104 valence electrons. The maximum atomic E-state index is 12.2. The lowest BCUT2D eigenvalue weighted by molar-refractivity contribution is -0.131. The van der Waals surface area contributed by atoms with Crippen LogP contribution in [-0.4, -0.2) is 27.9 Å². The molecule has 0 aliphatic rings. The van der Waals surface area contributed by atoms with Crippen molar-refractivity contribution in [3.8, 4) is 5.75 Å². The Kier molecular flexibility index (Phi) is 4.35. The van der Waals surface area contributed by atoms with E-state index in [9.17, 15) is 9.90 Å². The van der Waals surface area contributed by atoms with Crippen LogP contribution in [0.3, 0.4) is 0 Å². The highest BCUT2D eigenvalue weighted by Crippen LogP contribution is 2.21. The fourth-order valence-electron chi connectivity index (χ4n) is 1.97. The summed E-state index contributed by atoms with van der Waals surface area (Å²) in [5.74, 6) is 0.243. The van der Waals surface area contributed by atoms with Gasteiger partial charge >= 0.3 is 0 Å². The zero-order valence-corrected chi connectivity index (χ0v) is 11.7. The largest absolute Gasteiger partial charge is 0.508 e. The summed E-state index contributed by atoms with van der Waals surface area (Å²) in [7, 11) is 1.78. The van der Waals surface area contributed by atoms with E-state index in [1.54, 1.807) is 30.3 Å². The van der Waals surface area contributed by atoms with Crippen LogP contribution in [0.15, 0.2) is 48.7 Å². The number of benzene rings is 1. The van der Waals surface area contributed by atoms with E-state index in [0.29, 0.717) is 6.42 Å². The van der Waals surface area contributed by atoms with Crippen molar-refractivity contribution in [3.63, 3.8) is 0 Å². The first-order valence-corrected chi connectivity index (χ1v) is 6.52. The topological polar surface area (TPSA) is 53.4 Å². The number of carbonyl (C=O) groups is 1. The Morgan fingerprint density at radius 2 is 1.95 bits per heavy atom. The highest BCUT2D eigenvalue weighted by molar-refractivity contribution is 5.78. The van der Waals surface area contributed by atoms with Crippen LogP contribution in [0.25, 0.3) is 0 Å². The van der Waals surface area contributed by atoms with Crippen molar-refractivity contribution in [2.45, 2.75) is 19.4 Å². The molecule has 4 nitrogen and oxygen atoms in total. The lowest BCUT2D eigenvalue weighted by atomic mass is 10.1. The van der Waals surface area contributed by atoms with E-state index in [0.717, 1.165) is 11.3 Å². The molecule has 1 atom stereocenters. The third kappa shape index (κ3) is 3.35. The minimum atomic E-state index is -0.0492. The molecule has 1 N–H and O–H groups in total. The van der Waals surface area contributed by atoms with E-state index in [-0.39, 0.29) is 17.7 Å². The maximum Gasteiger partial charge on any atom is 0.228 e. The minimum absolute atomic E-state index is 0.0178. The van der Waals surface area contributed by atoms with Crippen molar-refractivity contribution in [1.82, 2.24) is 9.88 Å². The molecule has 0 aliphatic carbocycles. The number of nitrogens with zero attached hydrogens (tertiary/aromatic N) is 2. The van der Waals surface area contributed by atoms with Gasteiger partial charge in [-0.1, -0.05) is 18.2 Å². The lowest BCUT2D eigenvalue weighted by Gasteiger charge is -2.25. The number of likely N-dealkylation sites (N-methyl/N-ethyl adjacent to an activating group) is 1. The Morgan fingerprint density at radius 3 is 2.55 bits per heavy atom. The van der Waals surface area contributed by atoms with Crippen LogP contribution in [0, 0.1) is 0 Å². The molecular formula is C16H18N2O2. The molecule has 1 unspecified atom stereocenters. The zero-order valence-electron chi connectivity index (χ0n) is 11.7. The van der Waals surface area contributed by atoms with Crippen molar-refractivity contribution < 1.29 is 9.90 Å². The summed E-state index contributed by atoms with van der Waals surface area (Å²) in [5.41, 5.74) is 1.75. The second kappa shape index (κ2) is 6.19. The summed E-state index contributed by atoms with van der Waals surface area (Å²) in [6, 6.07) is 12.4. The van der Waals surface area contributed by atoms with E-state index in [1.807, 2.05) is 37.3 Å². The van der Waals surface area contributed by atoms with E-state index in [4.69, 9.17) is 0 Å². The maximum absolute atomic E-state index is 12.2. The first-order valence-electron chi connectivity index (χ1n) is 6.52. The summed E-state index contributed by atoms with van der Waals surface area (Å²) < 4.78 is 0. The second-order valence-corrected chi connectivity index (χ2v) is 4.77. The Labute approximate surface area is 118 Å². The van der Waals surface area contributed by atoms with Crippen molar-refractivity contribution in [1.29, 1.82) is 0 Å². The normalized spacial score (nSPS) is 11.9. The van der Waals surface area contributed by atoms with Gasteiger partial charge in [0, 0.05) is 18.9 Å². The first kappa shape index (κ1) is 14.1. The Hall–Kier alpha value is -2.36. The van der Waals surface area contributed by atoms with Gasteiger partial charge in [-0.15, -0.1) is 0 Å². The molecule has 20 heavy (non-hydrogen) atoms. The predicted octanol–water partition coefficient (Wildman–Crippen LogP) is 2.55. The molecule has 2 rings (SSSR count). The number of amides is 1. The molecule has 0 fully saturated rings. The molecular weight excluding hydrogens is 252 g/mol. The van der Waals surface area contributed by atoms with Gasteiger partial charge in [-0.05, 0) is 36.8 Å². The average molecular weight is 270 g/mol. The van der Waals surface area contributed by atoms with Gasteiger partial charge in [0.05, 0.1) is 12.5 Å².